The van der Waals surface area contributed by atoms with Crippen LogP contribution in [-0.4, -0.2) is 39.5 Å². The Morgan fingerprint density at radius 1 is 1.36 bits per heavy atom. The molecule has 0 spiro atoms. The molecular formula is C11H21NO2. The van der Waals surface area contributed by atoms with Crippen molar-refractivity contribution in [2.24, 2.45) is 0 Å². The quantitative estimate of drug-likeness (QED) is 0.444. The van der Waals surface area contributed by atoms with E-state index in [1.54, 1.807) is 7.11 Å². The van der Waals surface area contributed by atoms with Crippen LogP contribution in [0.5, 0.6) is 0 Å². The molecule has 0 bridgehead atoms. The predicted octanol–water partition coefficient (Wildman–Crippen LogP) is 1.04. The Hall–Kier alpha value is -0.560. The Morgan fingerprint density at radius 2 is 2.14 bits per heavy atom. The van der Waals surface area contributed by atoms with Gasteiger partial charge in [-0.3, -0.25) is 0 Å². The SMILES string of the molecule is C#CC(CC)NCCCOCCOC. The fraction of sp³-hybridized carbons (Fsp3) is 0.818. The molecule has 0 aromatic carbocycles. The maximum Gasteiger partial charge on any atom is 0.0700 e. The second-order valence-electron chi connectivity index (χ2n) is 3.04. The topological polar surface area (TPSA) is 30.5 Å². The van der Waals surface area contributed by atoms with Crippen molar-refractivity contribution >= 4 is 0 Å². The Kier molecular flexibility index (Phi) is 10.1. The first-order valence-corrected chi connectivity index (χ1v) is 5.11. The lowest BCUT2D eigenvalue weighted by molar-refractivity contribution is 0.0694. The van der Waals surface area contributed by atoms with Gasteiger partial charge in [-0.15, -0.1) is 6.42 Å². The van der Waals surface area contributed by atoms with E-state index < -0.39 is 0 Å². The molecule has 0 fully saturated rings. The molecule has 1 unspecified atom stereocenters. The number of rotatable bonds is 9. The third-order valence-electron chi connectivity index (χ3n) is 1.90. The fourth-order valence-corrected chi connectivity index (χ4v) is 1.02. The highest BCUT2D eigenvalue weighted by atomic mass is 16.5. The molecule has 14 heavy (non-hydrogen) atoms. The van der Waals surface area contributed by atoms with Gasteiger partial charge in [0.05, 0.1) is 19.3 Å². The van der Waals surface area contributed by atoms with Crippen molar-refractivity contribution in [3.63, 3.8) is 0 Å². The molecule has 0 rings (SSSR count). The molecule has 0 aromatic rings. The van der Waals surface area contributed by atoms with Gasteiger partial charge >= 0.3 is 0 Å². The smallest absolute Gasteiger partial charge is 0.0700 e. The third kappa shape index (κ3) is 8.06. The van der Waals surface area contributed by atoms with Gasteiger partial charge in [-0.05, 0) is 19.4 Å². The van der Waals surface area contributed by atoms with Gasteiger partial charge < -0.3 is 14.8 Å². The maximum atomic E-state index is 5.31. The van der Waals surface area contributed by atoms with Gasteiger partial charge in [0.2, 0.25) is 0 Å². The lowest BCUT2D eigenvalue weighted by Gasteiger charge is -2.10. The molecule has 0 saturated heterocycles. The first-order chi connectivity index (χ1) is 6.85. The number of nitrogens with one attached hydrogen (secondary N) is 1. The number of hydrogen-bond donors (Lipinski definition) is 1. The zero-order chi connectivity index (χ0) is 10.6. The Bertz CT molecular complexity index is 154. The summed E-state index contributed by atoms with van der Waals surface area (Å²) in [7, 11) is 1.67. The zero-order valence-electron chi connectivity index (χ0n) is 9.21. The average Bonchev–Trinajstić information content (AvgIpc) is 2.22. The lowest BCUT2D eigenvalue weighted by atomic mass is 10.2. The van der Waals surface area contributed by atoms with Gasteiger partial charge in [-0.1, -0.05) is 12.8 Å². The summed E-state index contributed by atoms with van der Waals surface area (Å²) in [5.74, 6) is 2.69. The zero-order valence-corrected chi connectivity index (χ0v) is 9.21. The Morgan fingerprint density at radius 3 is 2.71 bits per heavy atom. The van der Waals surface area contributed by atoms with Gasteiger partial charge in [0, 0.05) is 13.7 Å². The molecule has 82 valence electrons. The van der Waals surface area contributed by atoms with Crippen LogP contribution >= 0.6 is 0 Å². The standard InChI is InChI=1S/C11H21NO2/c1-4-11(5-2)12-7-6-8-14-10-9-13-3/h1,11-12H,5-10H2,2-3H3. The summed E-state index contributed by atoms with van der Waals surface area (Å²) in [5, 5.41) is 3.26. The summed E-state index contributed by atoms with van der Waals surface area (Å²) >= 11 is 0. The highest BCUT2D eigenvalue weighted by Crippen LogP contribution is 1.88. The van der Waals surface area contributed by atoms with Crippen molar-refractivity contribution in [1.29, 1.82) is 0 Å². The van der Waals surface area contributed by atoms with Crippen LogP contribution in [-0.2, 0) is 9.47 Å². The summed E-state index contributed by atoms with van der Waals surface area (Å²) < 4.78 is 10.2. The van der Waals surface area contributed by atoms with Crippen molar-refractivity contribution in [3.8, 4) is 12.3 Å². The lowest BCUT2D eigenvalue weighted by Crippen LogP contribution is -2.28. The van der Waals surface area contributed by atoms with Crippen molar-refractivity contribution < 1.29 is 9.47 Å². The molecule has 0 aliphatic carbocycles. The van der Waals surface area contributed by atoms with Crippen molar-refractivity contribution in [3.05, 3.63) is 0 Å². The van der Waals surface area contributed by atoms with E-state index in [0.717, 1.165) is 26.0 Å². The monoisotopic (exact) mass is 199 g/mol. The van der Waals surface area contributed by atoms with E-state index in [1.165, 1.54) is 0 Å². The number of terminal acetylenes is 1. The van der Waals surface area contributed by atoms with Crippen LogP contribution in [0.3, 0.4) is 0 Å². The average molecular weight is 199 g/mol. The Labute approximate surface area is 87.2 Å². The molecule has 0 radical (unpaired) electrons. The van der Waals surface area contributed by atoms with E-state index in [2.05, 4.69) is 18.2 Å². The summed E-state index contributed by atoms with van der Waals surface area (Å²) in [6.45, 7) is 5.08. The van der Waals surface area contributed by atoms with Gasteiger partial charge in [-0.25, -0.2) is 0 Å². The Balaban J connectivity index is 3.09. The molecule has 1 atom stereocenters. The number of ether oxygens (including phenoxy) is 2. The minimum Gasteiger partial charge on any atom is -0.382 e. The summed E-state index contributed by atoms with van der Waals surface area (Å²) in [5.41, 5.74) is 0. The number of hydrogen-bond acceptors (Lipinski definition) is 3. The van der Waals surface area contributed by atoms with Crippen LogP contribution in [0.4, 0.5) is 0 Å². The fourth-order valence-electron chi connectivity index (χ4n) is 1.02. The second kappa shape index (κ2) is 10.5. The van der Waals surface area contributed by atoms with E-state index in [-0.39, 0.29) is 6.04 Å². The molecule has 0 aromatic heterocycles. The molecule has 0 amide bonds. The number of methoxy groups -OCH3 is 1. The van der Waals surface area contributed by atoms with E-state index in [1.807, 2.05) is 0 Å². The summed E-state index contributed by atoms with van der Waals surface area (Å²) in [6, 6.07) is 0.203. The van der Waals surface area contributed by atoms with Crippen molar-refractivity contribution in [1.82, 2.24) is 5.32 Å². The minimum absolute atomic E-state index is 0.203. The van der Waals surface area contributed by atoms with Gasteiger partial charge in [0.15, 0.2) is 0 Å². The van der Waals surface area contributed by atoms with Crippen LogP contribution in [0.15, 0.2) is 0 Å². The minimum atomic E-state index is 0.203. The maximum absolute atomic E-state index is 5.31. The summed E-state index contributed by atoms with van der Waals surface area (Å²) in [4.78, 5) is 0. The highest BCUT2D eigenvalue weighted by molar-refractivity contribution is 4.97. The van der Waals surface area contributed by atoms with Crippen LogP contribution in [0, 0.1) is 12.3 Å². The molecule has 1 N–H and O–H groups in total. The van der Waals surface area contributed by atoms with Gasteiger partial charge in [-0.2, -0.15) is 0 Å². The predicted molar refractivity (Wildman–Crippen MR) is 58.2 cm³/mol. The van der Waals surface area contributed by atoms with E-state index in [4.69, 9.17) is 15.9 Å². The molecule has 0 heterocycles. The molecule has 3 heteroatoms. The third-order valence-corrected chi connectivity index (χ3v) is 1.90. The van der Waals surface area contributed by atoms with Crippen LogP contribution in [0.2, 0.25) is 0 Å². The van der Waals surface area contributed by atoms with E-state index >= 15 is 0 Å². The van der Waals surface area contributed by atoms with E-state index in [0.29, 0.717) is 13.2 Å². The molecule has 0 saturated carbocycles. The normalized spacial score (nSPS) is 12.4. The molecular weight excluding hydrogens is 178 g/mol. The highest BCUT2D eigenvalue weighted by Gasteiger charge is 1.98. The largest absolute Gasteiger partial charge is 0.382 e. The summed E-state index contributed by atoms with van der Waals surface area (Å²) in [6.07, 6.45) is 7.26. The van der Waals surface area contributed by atoms with Crippen LogP contribution < -0.4 is 5.32 Å². The van der Waals surface area contributed by atoms with Gasteiger partial charge in [0.25, 0.3) is 0 Å². The first-order valence-electron chi connectivity index (χ1n) is 5.11. The van der Waals surface area contributed by atoms with Crippen LogP contribution in [0.25, 0.3) is 0 Å². The molecule has 0 aliphatic heterocycles. The van der Waals surface area contributed by atoms with Crippen molar-refractivity contribution in [2.75, 3.05) is 33.5 Å². The first kappa shape index (κ1) is 13.4. The van der Waals surface area contributed by atoms with E-state index in [9.17, 15) is 0 Å². The van der Waals surface area contributed by atoms with Gasteiger partial charge in [0.1, 0.15) is 0 Å². The van der Waals surface area contributed by atoms with Crippen LogP contribution in [0.1, 0.15) is 19.8 Å². The molecule has 0 aliphatic rings. The molecule has 3 nitrogen and oxygen atoms in total. The van der Waals surface area contributed by atoms with Crippen molar-refractivity contribution in [2.45, 2.75) is 25.8 Å². The second-order valence-corrected chi connectivity index (χ2v) is 3.04.